The summed E-state index contributed by atoms with van der Waals surface area (Å²) in [5, 5.41) is 7.30. The standard InChI is InChI=1S/C12H9NO4S3/c14-11(10-2-1-5-18-10)17-13-9-4-7-20(15,16)12-8(9)3-6-19-12/h1-3,5-6H,4,7H2/b13-9-. The fourth-order valence-electron chi connectivity index (χ4n) is 1.84. The molecule has 5 nitrogen and oxygen atoms in total. The second-order valence-corrected chi connectivity index (χ2v) is 8.25. The zero-order valence-electron chi connectivity index (χ0n) is 10.1. The first-order valence-electron chi connectivity index (χ1n) is 5.70. The monoisotopic (exact) mass is 327 g/mol. The Morgan fingerprint density at radius 2 is 2.10 bits per heavy atom. The Labute approximate surface area is 123 Å². The first-order chi connectivity index (χ1) is 9.58. The lowest BCUT2D eigenvalue weighted by Gasteiger charge is -2.13. The van der Waals surface area contributed by atoms with Gasteiger partial charge in [0.15, 0.2) is 9.84 Å². The van der Waals surface area contributed by atoms with Gasteiger partial charge in [-0.15, -0.1) is 22.7 Å². The molecule has 0 N–H and O–H groups in total. The number of nitrogens with zero attached hydrogens (tertiary/aromatic N) is 1. The van der Waals surface area contributed by atoms with E-state index in [4.69, 9.17) is 4.84 Å². The van der Waals surface area contributed by atoms with Crippen LogP contribution in [0.2, 0.25) is 0 Å². The van der Waals surface area contributed by atoms with Crippen LogP contribution in [-0.4, -0.2) is 25.9 Å². The largest absolute Gasteiger partial charge is 0.375 e. The number of carbonyl (C=O) groups is 1. The third-order valence-electron chi connectivity index (χ3n) is 2.79. The molecule has 3 rings (SSSR count). The van der Waals surface area contributed by atoms with Crippen LogP contribution in [0.1, 0.15) is 21.7 Å². The Morgan fingerprint density at radius 1 is 1.25 bits per heavy atom. The number of thiophene rings is 2. The summed E-state index contributed by atoms with van der Waals surface area (Å²) in [6.45, 7) is 0. The SMILES string of the molecule is O=C(O/N=C1/CCS(=O)(=O)c2sccc21)c1cccs1. The van der Waals surface area contributed by atoms with E-state index in [0.29, 0.717) is 20.4 Å². The van der Waals surface area contributed by atoms with Gasteiger partial charge in [-0.05, 0) is 22.9 Å². The normalized spacial score (nSPS) is 18.7. The molecule has 2 aromatic heterocycles. The molecule has 0 atom stereocenters. The molecule has 1 aliphatic heterocycles. The first kappa shape index (κ1) is 13.5. The average molecular weight is 327 g/mol. The van der Waals surface area contributed by atoms with E-state index >= 15 is 0 Å². The minimum absolute atomic E-state index is 0.00407. The van der Waals surface area contributed by atoms with Gasteiger partial charge < -0.3 is 4.84 Å². The van der Waals surface area contributed by atoms with Crippen LogP contribution in [0.25, 0.3) is 0 Å². The zero-order chi connectivity index (χ0) is 14.2. The van der Waals surface area contributed by atoms with Crippen molar-refractivity contribution in [2.45, 2.75) is 10.6 Å². The number of fused-ring (bicyclic) bond motifs is 1. The molecule has 0 fully saturated rings. The van der Waals surface area contributed by atoms with Gasteiger partial charge in [-0.1, -0.05) is 11.2 Å². The van der Waals surface area contributed by atoms with E-state index in [0.717, 1.165) is 11.3 Å². The minimum Gasteiger partial charge on any atom is -0.312 e. The summed E-state index contributed by atoms with van der Waals surface area (Å²) < 4.78 is 24.0. The van der Waals surface area contributed by atoms with E-state index < -0.39 is 15.8 Å². The molecule has 2 aromatic rings. The van der Waals surface area contributed by atoms with Crippen molar-refractivity contribution in [3.05, 3.63) is 39.4 Å². The highest BCUT2D eigenvalue weighted by Crippen LogP contribution is 2.30. The summed E-state index contributed by atoms with van der Waals surface area (Å²) in [5.74, 6) is -0.534. The van der Waals surface area contributed by atoms with Gasteiger partial charge in [-0.2, -0.15) is 0 Å². The highest BCUT2D eigenvalue weighted by atomic mass is 32.2. The van der Waals surface area contributed by atoms with Gasteiger partial charge in [-0.25, -0.2) is 13.2 Å². The summed E-state index contributed by atoms with van der Waals surface area (Å²) in [5.41, 5.74) is 1.04. The summed E-state index contributed by atoms with van der Waals surface area (Å²) in [6, 6.07) is 5.08. The predicted octanol–water partition coefficient (Wildman–Crippen LogP) is 2.55. The van der Waals surface area contributed by atoms with Gasteiger partial charge in [0.1, 0.15) is 9.09 Å². The lowest BCUT2D eigenvalue weighted by molar-refractivity contribution is 0.0521. The van der Waals surface area contributed by atoms with Gasteiger partial charge in [0.2, 0.25) is 0 Å². The van der Waals surface area contributed by atoms with Crippen LogP contribution in [0.3, 0.4) is 0 Å². The van der Waals surface area contributed by atoms with Gasteiger partial charge in [0.05, 0.1) is 11.5 Å². The molecule has 20 heavy (non-hydrogen) atoms. The molecule has 8 heteroatoms. The van der Waals surface area contributed by atoms with E-state index in [1.807, 2.05) is 0 Å². The molecule has 0 unspecified atom stereocenters. The fourth-order valence-corrected chi connectivity index (χ4v) is 5.25. The van der Waals surface area contributed by atoms with Crippen LogP contribution in [-0.2, 0) is 14.7 Å². The van der Waals surface area contributed by atoms with E-state index in [1.165, 1.54) is 11.3 Å². The number of rotatable bonds is 2. The van der Waals surface area contributed by atoms with Gasteiger partial charge in [-0.3, -0.25) is 0 Å². The fraction of sp³-hybridized carbons (Fsp3) is 0.167. The summed E-state index contributed by atoms with van der Waals surface area (Å²) in [6.07, 6.45) is 0.254. The maximum absolute atomic E-state index is 11.9. The molecular formula is C12H9NO4S3. The summed E-state index contributed by atoms with van der Waals surface area (Å²) in [7, 11) is -3.21. The molecule has 0 spiro atoms. The van der Waals surface area contributed by atoms with Crippen molar-refractivity contribution in [1.29, 1.82) is 0 Å². The van der Waals surface area contributed by atoms with Crippen molar-refractivity contribution in [3.8, 4) is 0 Å². The van der Waals surface area contributed by atoms with Crippen molar-refractivity contribution in [2.75, 3.05) is 5.75 Å². The maximum Gasteiger partial charge on any atom is 0.375 e. The van der Waals surface area contributed by atoms with Crippen LogP contribution in [0.5, 0.6) is 0 Å². The van der Waals surface area contributed by atoms with Crippen molar-refractivity contribution in [1.82, 2.24) is 0 Å². The number of sulfone groups is 1. The quantitative estimate of drug-likeness (QED) is 0.628. The first-order valence-corrected chi connectivity index (χ1v) is 9.11. The smallest absolute Gasteiger partial charge is 0.312 e. The highest BCUT2D eigenvalue weighted by molar-refractivity contribution is 7.93. The van der Waals surface area contributed by atoms with Crippen molar-refractivity contribution >= 4 is 44.2 Å². The second kappa shape index (κ2) is 5.12. The molecular weight excluding hydrogens is 318 g/mol. The average Bonchev–Trinajstić information content (AvgIpc) is 3.09. The van der Waals surface area contributed by atoms with Crippen LogP contribution >= 0.6 is 22.7 Å². The lowest BCUT2D eigenvalue weighted by atomic mass is 10.1. The second-order valence-electron chi connectivity index (χ2n) is 4.08. The van der Waals surface area contributed by atoms with Crippen molar-refractivity contribution in [2.24, 2.45) is 5.16 Å². The molecule has 0 bridgehead atoms. The minimum atomic E-state index is -3.21. The maximum atomic E-state index is 11.9. The van der Waals surface area contributed by atoms with Crippen molar-refractivity contribution < 1.29 is 18.0 Å². The Morgan fingerprint density at radius 3 is 2.85 bits per heavy atom. The topological polar surface area (TPSA) is 72.8 Å². The molecule has 0 amide bonds. The van der Waals surface area contributed by atoms with Gasteiger partial charge in [0, 0.05) is 12.0 Å². The van der Waals surface area contributed by atoms with Gasteiger partial charge in [0.25, 0.3) is 0 Å². The molecule has 1 aliphatic rings. The highest BCUT2D eigenvalue weighted by Gasteiger charge is 2.29. The van der Waals surface area contributed by atoms with Crippen LogP contribution in [0, 0.1) is 0 Å². The Bertz CT molecular complexity index is 771. The van der Waals surface area contributed by atoms with Crippen LogP contribution in [0.4, 0.5) is 0 Å². The molecule has 3 heterocycles. The van der Waals surface area contributed by atoms with E-state index in [1.54, 1.807) is 29.0 Å². The number of oxime groups is 1. The lowest BCUT2D eigenvalue weighted by Crippen LogP contribution is -2.20. The van der Waals surface area contributed by atoms with Gasteiger partial charge >= 0.3 is 5.97 Å². The number of carbonyl (C=O) groups excluding carboxylic acids is 1. The molecule has 0 aromatic carbocycles. The molecule has 104 valence electrons. The summed E-state index contributed by atoms with van der Waals surface area (Å²) >= 11 is 2.43. The molecule has 0 saturated heterocycles. The van der Waals surface area contributed by atoms with E-state index in [2.05, 4.69) is 5.16 Å². The number of hydrogen-bond acceptors (Lipinski definition) is 7. The Hall–Kier alpha value is -1.51. The number of hydrogen-bond donors (Lipinski definition) is 0. The predicted molar refractivity (Wildman–Crippen MR) is 77.3 cm³/mol. The summed E-state index contributed by atoms with van der Waals surface area (Å²) in [4.78, 5) is 17.0. The molecule has 0 radical (unpaired) electrons. The van der Waals surface area contributed by atoms with Crippen molar-refractivity contribution in [3.63, 3.8) is 0 Å². The van der Waals surface area contributed by atoms with Crippen LogP contribution < -0.4 is 0 Å². The Kier molecular flexibility index (Phi) is 3.45. The Balaban J connectivity index is 1.86. The third-order valence-corrected chi connectivity index (χ3v) is 6.92. The molecule has 0 aliphatic carbocycles. The van der Waals surface area contributed by atoms with Crippen LogP contribution in [0.15, 0.2) is 38.3 Å². The van der Waals surface area contributed by atoms with E-state index in [-0.39, 0.29) is 12.2 Å². The molecule has 0 saturated carbocycles. The zero-order valence-corrected chi connectivity index (χ0v) is 12.6. The van der Waals surface area contributed by atoms with E-state index in [9.17, 15) is 13.2 Å². The third kappa shape index (κ3) is 2.41.